The second-order valence-electron chi connectivity index (χ2n) is 10.7. The molecule has 0 aliphatic carbocycles. The number of anilines is 3. The van der Waals surface area contributed by atoms with Crippen LogP contribution >= 0.6 is 0 Å². The van der Waals surface area contributed by atoms with Gasteiger partial charge in [-0.2, -0.15) is 0 Å². The Bertz CT molecular complexity index is 1370. The van der Waals surface area contributed by atoms with Gasteiger partial charge in [-0.15, -0.1) is 10.2 Å². The average molecular weight is 526 g/mol. The number of rotatable bonds is 5. The topological polar surface area (TPSA) is 104 Å². The highest BCUT2D eigenvalue weighted by Gasteiger charge is 2.40. The van der Waals surface area contributed by atoms with Crippen LogP contribution in [-0.4, -0.2) is 83.2 Å². The van der Waals surface area contributed by atoms with Crippen LogP contribution in [0.1, 0.15) is 31.4 Å². The number of piperazine rings is 1. The van der Waals surface area contributed by atoms with Gasteiger partial charge in [0.15, 0.2) is 5.82 Å². The minimum atomic E-state index is 0.180. The lowest BCUT2D eigenvalue weighted by Crippen LogP contribution is -2.54. The summed E-state index contributed by atoms with van der Waals surface area (Å²) < 4.78 is 5.53. The molecule has 0 radical (unpaired) electrons. The van der Waals surface area contributed by atoms with E-state index in [9.17, 15) is 5.11 Å². The number of ether oxygens (including phenoxy) is 1. The van der Waals surface area contributed by atoms with Crippen LogP contribution in [0.5, 0.6) is 5.75 Å². The highest BCUT2D eigenvalue weighted by atomic mass is 16.5. The Labute approximate surface area is 229 Å². The first-order chi connectivity index (χ1) is 19.1. The van der Waals surface area contributed by atoms with Crippen molar-refractivity contribution in [1.82, 2.24) is 20.1 Å². The van der Waals surface area contributed by atoms with Crippen molar-refractivity contribution in [3.05, 3.63) is 54.4 Å². The molecule has 6 rings (SSSR count). The van der Waals surface area contributed by atoms with Gasteiger partial charge in [-0.1, -0.05) is 18.1 Å². The number of nitrogen functional groups attached to an aromatic ring is 1. The monoisotopic (exact) mass is 525 g/mol. The summed E-state index contributed by atoms with van der Waals surface area (Å²) >= 11 is 0. The van der Waals surface area contributed by atoms with Gasteiger partial charge in [0.25, 0.3) is 0 Å². The van der Waals surface area contributed by atoms with Crippen LogP contribution in [-0.2, 0) is 4.74 Å². The van der Waals surface area contributed by atoms with Crippen LogP contribution in [0, 0.1) is 11.8 Å². The summed E-state index contributed by atoms with van der Waals surface area (Å²) in [5.74, 6) is 7.21. The summed E-state index contributed by atoms with van der Waals surface area (Å²) in [5, 5.41) is 18.8. The summed E-state index contributed by atoms with van der Waals surface area (Å²) in [6, 6.07) is 14.0. The van der Waals surface area contributed by atoms with Crippen molar-refractivity contribution >= 4 is 17.2 Å². The second-order valence-corrected chi connectivity index (χ2v) is 10.7. The fourth-order valence-electron chi connectivity index (χ4n) is 6.23. The Hall–Kier alpha value is -3.87. The normalized spacial score (nSPS) is 22.9. The first-order valence-corrected chi connectivity index (χ1v) is 13.7. The number of aromatic hydroxyl groups is 1. The SMILES string of the molecule is COC1CCCN(CC#Cc2cc(N3C4CCC3CN(c3cc(-c5ccccc5O)nnc3N)C4)ccn2)C1. The van der Waals surface area contributed by atoms with E-state index in [1.165, 1.54) is 5.69 Å². The van der Waals surface area contributed by atoms with Gasteiger partial charge in [0.1, 0.15) is 11.4 Å². The fraction of sp³-hybridized carbons (Fsp3) is 0.433. The molecule has 3 aliphatic heterocycles. The molecule has 5 heterocycles. The van der Waals surface area contributed by atoms with E-state index in [-0.39, 0.29) is 5.75 Å². The molecule has 3 N–H and O–H groups in total. The van der Waals surface area contributed by atoms with Crippen LogP contribution in [0.15, 0.2) is 48.7 Å². The minimum Gasteiger partial charge on any atom is -0.507 e. The molecule has 0 saturated carbocycles. The number of aromatic nitrogens is 3. The van der Waals surface area contributed by atoms with Gasteiger partial charge in [-0.3, -0.25) is 4.90 Å². The van der Waals surface area contributed by atoms with E-state index in [0.29, 0.717) is 35.3 Å². The molecule has 0 amide bonds. The molecule has 3 aliphatic rings. The lowest BCUT2D eigenvalue weighted by Gasteiger charge is -2.43. The van der Waals surface area contributed by atoms with E-state index in [0.717, 1.165) is 69.8 Å². The second kappa shape index (κ2) is 11.1. The van der Waals surface area contributed by atoms with E-state index in [1.807, 2.05) is 24.4 Å². The Morgan fingerprint density at radius 2 is 1.87 bits per heavy atom. The number of phenolic OH excluding ortho intramolecular Hbond substituents is 1. The minimum absolute atomic E-state index is 0.180. The van der Waals surface area contributed by atoms with Crippen molar-refractivity contribution in [3.8, 4) is 28.8 Å². The predicted octanol–water partition coefficient (Wildman–Crippen LogP) is 3.15. The molecular formula is C30H35N7O2. The highest BCUT2D eigenvalue weighted by molar-refractivity contribution is 5.74. The summed E-state index contributed by atoms with van der Waals surface area (Å²) in [7, 11) is 1.79. The van der Waals surface area contributed by atoms with Gasteiger partial charge in [-0.25, -0.2) is 4.98 Å². The number of nitrogens with two attached hydrogens (primary N) is 1. The van der Waals surface area contributed by atoms with Crippen molar-refractivity contribution < 1.29 is 9.84 Å². The lowest BCUT2D eigenvalue weighted by molar-refractivity contribution is 0.0363. The number of piperidine rings is 1. The van der Waals surface area contributed by atoms with Gasteiger partial charge in [0.05, 0.1) is 24.0 Å². The van der Waals surface area contributed by atoms with E-state index in [2.05, 4.69) is 53.9 Å². The zero-order valence-electron chi connectivity index (χ0n) is 22.3. The number of phenols is 1. The van der Waals surface area contributed by atoms with Crippen LogP contribution in [0.4, 0.5) is 17.2 Å². The van der Waals surface area contributed by atoms with Crippen LogP contribution < -0.4 is 15.5 Å². The molecule has 3 saturated heterocycles. The van der Waals surface area contributed by atoms with Gasteiger partial charge in [-0.05, 0) is 68.5 Å². The molecule has 202 valence electrons. The maximum Gasteiger partial charge on any atom is 0.169 e. The molecule has 3 aromatic rings. The number of hydrogen-bond donors (Lipinski definition) is 2. The van der Waals surface area contributed by atoms with Crippen LogP contribution in [0.2, 0.25) is 0 Å². The standard InChI is InChI=1S/C30H35N7O2/c1-39-25-7-5-15-35(20-25)14-4-6-21-16-22(12-13-32-21)37-23-10-11-24(37)19-36(18-23)28-17-27(33-34-30(28)31)26-8-2-3-9-29(26)38/h2-3,8-9,12-13,16-17,23-25,38H,5,7,10-11,14-15,18-20H2,1H3,(H2,31,34). The van der Waals surface area contributed by atoms with Gasteiger partial charge in [0, 0.05) is 56.3 Å². The number of methoxy groups -OCH3 is 1. The molecule has 0 spiro atoms. The van der Waals surface area contributed by atoms with E-state index < -0.39 is 0 Å². The average Bonchev–Trinajstić information content (AvgIpc) is 3.23. The molecule has 2 aromatic heterocycles. The van der Waals surface area contributed by atoms with Crippen LogP contribution in [0.3, 0.4) is 0 Å². The number of fused-ring (bicyclic) bond motifs is 2. The zero-order chi connectivity index (χ0) is 26.8. The van der Waals surface area contributed by atoms with Crippen molar-refractivity contribution in [2.45, 2.75) is 43.9 Å². The molecule has 9 heteroatoms. The number of likely N-dealkylation sites (tertiary alicyclic amines) is 1. The molecule has 3 fully saturated rings. The molecule has 1 aromatic carbocycles. The van der Waals surface area contributed by atoms with Crippen molar-refractivity contribution in [2.24, 2.45) is 0 Å². The summed E-state index contributed by atoms with van der Waals surface area (Å²) in [6.07, 6.45) is 6.69. The number of nitrogens with zero attached hydrogens (tertiary/aromatic N) is 6. The van der Waals surface area contributed by atoms with Gasteiger partial charge < -0.3 is 25.4 Å². The largest absolute Gasteiger partial charge is 0.507 e. The number of para-hydroxylation sites is 1. The Kier molecular flexibility index (Phi) is 7.22. The zero-order valence-corrected chi connectivity index (χ0v) is 22.3. The van der Waals surface area contributed by atoms with E-state index >= 15 is 0 Å². The quantitative estimate of drug-likeness (QED) is 0.486. The number of hydrogen-bond acceptors (Lipinski definition) is 9. The molecular weight excluding hydrogens is 490 g/mol. The number of benzene rings is 1. The molecule has 2 bridgehead atoms. The molecule has 9 nitrogen and oxygen atoms in total. The smallest absolute Gasteiger partial charge is 0.169 e. The first kappa shape index (κ1) is 25.4. The Morgan fingerprint density at radius 1 is 1.05 bits per heavy atom. The first-order valence-electron chi connectivity index (χ1n) is 13.7. The summed E-state index contributed by atoms with van der Waals surface area (Å²) in [6.45, 7) is 4.43. The maximum atomic E-state index is 10.3. The van der Waals surface area contributed by atoms with Gasteiger partial charge >= 0.3 is 0 Å². The maximum absolute atomic E-state index is 10.3. The third-order valence-corrected chi connectivity index (χ3v) is 8.16. The fourth-order valence-corrected chi connectivity index (χ4v) is 6.23. The lowest BCUT2D eigenvalue weighted by atomic mass is 10.1. The Balaban J connectivity index is 1.16. The molecule has 39 heavy (non-hydrogen) atoms. The molecule has 3 unspecified atom stereocenters. The highest BCUT2D eigenvalue weighted by Crippen LogP contribution is 2.39. The Morgan fingerprint density at radius 3 is 2.67 bits per heavy atom. The van der Waals surface area contributed by atoms with Crippen LogP contribution in [0.25, 0.3) is 11.3 Å². The van der Waals surface area contributed by atoms with Crippen molar-refractivity contribution in [1.29, 1.82) is 0 Å². The van der Waals surface area contributed by atoms with Crippen molar-refractivity contribution in [2.75, 3.05) is 55.4 Å². The van der Waals surface area contributed by atoms with E-state index in [4.69, 9.17) is 10.5 Å². The third kappa shape index (κ3) is 5.35. The third-order valence-electron chi connectivity index (χ3n) is 8.16. The van der Waals surface area contributed by atoms with E-state index in [1.54, 1.807) is 19.2 Å². The summed E-state index contributed by atoms with van der Waals surface area (Å²) in [4.78, 5) is 11.7. The summed E-state index contributed by atoms with van der Waals surface area (Å²) in [5.41, 5.74) is 10.4. The van der Waals surface area contributed by atoms with Crippen molar-refractivity contribution in [3.63, 3.8) is 0 Å². The van der Waals surface area contributed by atoms with Gasteiger partial charge in [0.2, 0.25) is 0 Å². The molecule has 3 atom stereocenters. The number of pyridine rings is 1. The predicted molar refractivity (Wildman–Crippen MR) is 153 cm³/mol.